The highest BCUT2D eigenvalue weighted by atomic mass is 32.1. The summed E-state index contributed by atoms with van der Waals surface area (Å²) in [5.74, 6) is 0.779. The van der Waals surface area contributed by atoms with Gasteiger partial charge < -0.3 is 4.74 Å². The topological polar surface area (TPSA) is 34.0 Å². The molecule has 1 aromatic carbocycles. The van der Waals surface area contributed by atoms with E-state index in [1.807, 2.05) is 18.2 Å². The lowest BCUT2D eigenvalue weighted by molar-refractivity contribution is 0.365. The van der Waals surface area contributed by atoms with E-state index in [9.17, 15) is 0 Å². The average Bonchev–Trinajstić information content (AvgIpc) is 2.26. The van der Waals surface area contributed by atoms with Crippen molar-refractivity contribution in [3.05, 3.63) is 34.5 Å². The van der Waals surface area contributed by atoms with Crippen LogP contribution in [0, 0.1) is 0 Å². The summed E-state index contributed by atoms with van der Waals surface area (Å²) in [4.78, 5) is 9.26. The first-order chi connectivity index (χ1) is 7.33. The summed E-state index contributed by atoms with van der Waals surface area (Å²) in [6, 6.07) is 3.90. The molecule has 0 amide bonds. The third kappa shape index (κ3) is 1.47. The number of hydrogen-bond donors (Lipinski definition) is 0. The van der Waals surface area contributed by atoms with E-state index in [2.05, 4.69) is 16.1 Å². The summed E-state index contributed by atoms with van der Waals surface area (Å²) >= 11 is 5.00. The van der Waals surface area contributed by atoms with Crippen LogP contribution in [0.4, 0.5) is 0 Å². The summed E-state index contributed by atoms with van der Waals surface area (Å²) in [5.41, 5.74) is 1.08. The van der Waals surface area contributed by atoms with Crippen LogP contribution in [0.5, 0.6) is 5.75 Å². The largest absolute Gasteiger partial charge is 0.484 e. The molecule has 0 aromatic heterocycles. The monoisotopic (exact) mass is 216 g/mol. The fraction of sp³-hybridized carbons (Fsp3) is 0.182. The Morgan fingerprint density at radius 1 is 1.27 bits per heavy atom. The number of thiocarbonyl (C=S) groups is 1. The molecule has 4 heteroatoms. The Balaban J connectivity index is 2.33. The van der Waals surface area contributed by atoms with Gasteiger partial charge in [0.15, 0.2) is 0 Å². The van der Waals surface area contributed by atoms with Gasteiger partial charge in [-0.25, -0.2) is 4.99 Å². The number of hydrogen-bond acceptors (Lipinski definition) is 3. The molecule has 0 aliphatic carbocycles. The summed E-state index contributed by atoms with van der Waals surface area (Å²) in [7, 11) is 0. The first-order valence-electron chi connectivity index (χ1n) is 4.72. The number of benzene rings is 1. The first kappa shape index (κ1) is 8.73. The van der Waals surface area contributed by atoms with Crippen LogP contribution in [-0.2, 0) is 0 Å². The maximum absolute atomic E-state index is 5.48. The molecule has 0 saturated carbocycles. The molecule has 0 bridgehead atoms. The van der Waals surface area contributed by atoms with Crippen molar-refractivity contribution in [3.8, 4) is 5.75 Å². The zero-order chi connectivity index (χ0) is 10.3. The molecule has 2 heterocycles. The van der Waals surface area contributed by atoms with Gasteiger partial charge in [0.2, 0.25) is 0 Å². The van der Waals surface area contributed by atoms with Crippen molar-refractivity contribution in [1.82, 2.24) is 0 Å². The maximum atomic E-state index is 5.48. The van der Waals surface area contributed by atoms with Crippen molar-refractivity contribution in [3.63, 3.8) is 0 Å². The SMILES string of the molecule is S=C1COc2cc3c(cc2=N1)C=CCN=3. The van der Waals surface area contributed by atoms with Crippen LogP contribution < -0.4 is 15.5 Å². The van der Waals surface area contributed by atoms with Gasteiger partial charge in [-0.15, -0.1) is 0 Å². The molecule has 0 spiro atoms. The molecule has 0 radical (unpaired) electrons. The van der Waals surface area contributed by atoms with E-state index in [1.54, 1.807) is 0 Å². The van der Waals surface area contributed by atoms with Gasteiger partial charge in [0, 0.05) is 11.6 Å². The summed E-state index contributed by atoms with van der Waals surface area (Å²) in [6.07, 6.45) is 4.08. The van der Waals surface area contributed by atoms with Gasteiger partial charge in [-0.1, -0.05) is 24.4 Å². The molecule has 2 aliphatic rings. The molecular formula is C11H8N2OS. The summed E-state index contributed by atoms with van der Waals surface area (Å²) in [6.45, 7) is 1.14. The molecule has 2 aliphatic heterocycles. The molecular weight excluding hydrogens is 208 g/mol. The third-order valence-corrected chi connectivity index (χ3v) is 2.58. The smallest absolute Gasteiger partial charge is 0.147 e. The second kappa shape index (κ2) is 3.24. The van der Waals surface area contributed by atoms with E-state index in [0.29, 0.717) is 11.6 Å². The zero-order valence-electron chi connectivity index (χ0n) is 7.93. The predicted octanol–water partition coefficient (Wildman–Crippen LogP) is 0.672. The molecule has 0 atom stereocenters. The second-order valence-corrected chi connectivity index (χ2v) is 3.89. The van der Waals surface area contributed by atoms with Crippen LogP contribution in [0.2, 0.25) is 0 Å². The first-order valence-corrected chi connectivity index (χ1v) is 5.13. The Bertz CT molecular complexity index is 589. The minimum Gasteiger partial charge on any atom is -0.484 e. The minimum absolute atomic E-state index is 0.400. The molecule has 3 nitrogen and oxygen atoms in total. The van der Waals surface area contributed by atoms with Crippen molar-refractivity contribution >= 4 is 23.3 Å². The Hall–Kier alpha value is -1.55. The molecule has 0 unspecified atom stereocenters. The fourth-order valence-corrected chi connectivity index (χ4v) is 1.84. The van der Waals surface area contributed by atoms with E-state index in [-0.39, 0.29) is 0 Å². The van der Waals surface area contributed by atoms with E-state index in [1.165, 1.54) is 0 Å². The average molecular weight is 216 g/mol. The second-order valence-electron chi connectivity index (χ2n) is 3.42. The lowest BCUT2D eigenvalue weighted by Crippen LogP contribution is -2.26. The highest BCUT2D eigenvalue weighted by molar-refractivity contribution is 7.80. The molecule has 15 heavy (non-hydrogen) atoms. The van der Waals surface area contributed by atoms with Crippen LogP contribution in [0.25, 0.3) is 6.08 Å². The van der Waals surface area contributed by atoms with Crippen LogP contribution in [0.3, 0.4) is 0 Å². The van der Waals surface area contributed by atoms with Crippen LogP contribution >= 0.6 is 12.2 Å². The number of fused-ring (bicyclic) bond motifs is 2. The molecule has 0 N–H and O–H groups in total. The number of rotatable bonds is 0. The van der Waals surface area contributed by atoms with Gasteiger partial charge in [-0.2, -0.15) is 0 Å². The Morgan fingerprint density at radius 3 is 3.13 bits per heavy atom. The van der Waals surface area contributed by atoms with E-state index < -0.39 is 0 Å². The predicted molar refractivity (Wildman–Crippen MR) is 60.7 cm³/mol. The highest BCUT2D eigenvalue weighted by Gasteiger charge is 2.10. The molecule has 1 aromatic rings. The van der Waals surface area contributed by atoms with Crippen LogP contribution in [-0.4, -0.2) is 18.1 Å². The minimum atomic E-state index is 0.400. The Labute approximate surface area is 91.8 Å². The molecule has 0 fully saturated rings. The van der Waals surface area contributed by atoms with Crippen molar-refractivity contribution < 1.29 is 4.74 Å². The van der Waals surface area contributed by atoms with Crippen LogP contribution in [0.1, 0.15) is 5.56 Å². The number of ether oxygens (including phenoxy) is 1. The molecule has 3 rings (SSSR count). The van der Waals surface area contributed by atoms with Crippen molar-refractivity contribution in [2.24, 2.45) is 9.98 Å². The standard InChI is InChI=1S/C11H8N2OS/c15-11-6-14-10-5-8-7(2-1-3-12-8)4-9(10)13-11/h1-2,4-5H,3,6H2. The summed E-state index contributed by atoms with van der Waals surface area (Å²) < 4.78 is 5.48. The van der Waals surface area contributed by atoms with Gasteiger partial charge in [0.25, 0.3) is 0 Å². The fourth-order valence-electron chi connectivity index (χ4n) is 1.68. The lowest BCUT2D eigenvalue weighted by Gasteiger charge is -2.12. The van der Waals surface area contributed by atoms with Crippen molar-refractivity contribution in [1.29, 1.82) is 0 Å². The molecule has 74 valence electrons. The number of nitrogens with zero attached hydrogens (tertiary/aromatic N) is 2. The van der Waals surface area contributed by atoms with Gasteiger partial charge in [-0.3, -0.25) is 4.99 Å². The van der Waals surface area contributed by atoms with Gasteiger partial charge in [0.05, 0.1) is 11.9 Å². The van der Waals surface area contributed by atoms with E-state index >= 15 is 0 Å². The van der Waals surface area contributed by atoms with Crippen molar-refractivity contribution in [2.75, 3.05) is 13.2 Å². The quantitative estimate of drug-likeness (QED) is 0.597. The van der Waals surface area contributed by atoms with Crippen molar-refractivity contribution in [2.45, 2.75) is 0 Å². The van der Waals surface area contributed by atoms with E-state index in [4.69, 9.17) is 17.0 Å². The third-order valence-electron chi connectivity index (χ3n) is 2.37. The highest BCUT2D eigenvalue weighted by Crippen LogP contribution is 2.08. The normalized spacial score (nSPS) is 16.9. The Morgan fingerprint density at radius 2 is 2.20 bits per heavy atom. The van der Waals surface area contributed by atoms with Crippen LogP contribution in [0.15, 0.2) is 28.2 Å². The maximum Gasteiger partial charge on any atom is 0.147 e. The van der Waals surface area contributed by atoms with Gasteiger partial charge in [-0.05, 0) is 6.07 Å². The zero-order valence-corrected chi connectivity index (χ0v) is 8.75. The molecule has 0 saturated heterocycles. The lowest BCUT2D eigenvalue weighted by atomic mass is 10.1. The van der Waals surface area contributed by atoms with Gasteiger partial charge >= 0.3 is 0 Å². The van der Waals surface area contributed by atoms with Gasteiger partial charge in [0.1, 0.15) is 22.7 Å². The summed E-state index contributed by atoms with van der Waals surface area (Å²) in [5, 5.41) is 1.78. The van der Waals surface area contributed by atoms with E-state index in [0.717, 1.165) is 28.6 Å². The Kier molecular flexibility index (Phi) is 1.89.